The van der Waals surface area contributed by atoms with Crippen molar-refractivity contribution in [3.8, 4) is 16.9 Å². The zero-order valence-electron chi connectivity index (χ0n) is 23.1. The van der Waals surface area contributed by atoms with Gasteiger partial charge in [0.25, 0.3) is 0 Å². The molecule has 0 radical (unpaired) electrons. The minimum Gasteiger partial charge on any atom is -0.508 e. The van der Waals surface area contributed by atoms with Crippen LogP contribution in [0.1, 0.15) is 65.7 Å². The molecule has 1 N–H and O–H groups in total. The second-order valence-electron chi connectivity index (χ2n) is 12.5. The summed E-state index contributed by atoms with van der Waals surface area (Å²) in [6, 6.07) is 14.4. The van der Waals surface area contributed by atoms with Crippen molar-refractivity contribution in [2.45, 2.75) is 71.3 Å². The number of aromatic hydroxyl groups is 1. The Morgan fingerprint density at radius 3 is 2.15 bits per heavy atom. The first-order chi connectivity index (χ1) is 18.7. The molecule has 1 heterocycles. The van der Waals surface area contributed by atoms with Crippen molar-refractivity contribution in [3.63, 3.8) is 0 Å². The lowest BCUT2D eigenvalue weighted by Gasteiger charge is -2.38. The topological polar surface area (TPSA) is 83.9 Å². The minimum absolute atomic E-state index is 0.0335. The molecule has 0 spiro atoms. The third-order valence-electron chi connectivity index (χ3n) is 10.6. The molecule has 7 atom stereocenters. The minimum atomic E-state index is -0.381. The molecule has 3 aliphatic carbocycles. The van der Waals surface area contributed by atoms with Crippen LogP contribution in [0.2, 0.25) is 0 Å². The summed E-state index contributed by atoms with van der Waals surface area (Å²) in [6.07, 6.45) is 6.78. The standard InChI is InChI=1S/C33H39NO5/c1-4-33(15-5-6-16-33)39-32(38)27-18-23-17-26(27)19(2)28(23)29-20(3)30(36)34(31(29)37)24-11-7-21(8-12-24)22-9-13-25(35)14-10-22/h7-14,19-20,23,26-29,35H,4-6,15-18H2,1-3H3. The molecule has 2 amide bonds. The highest BCUT2D eigenvalue weighted by molar-refractivity contribution is 6.22. The van der Waals surface area contributed by atoms with E-state index in [0.29, 0.717) is 5.69 Å². The number of amides is 2. The number of ether oxygens (including phenoxy) is 1. The molecule has 6 nitrogen and oxygen atoms in total. The van der Waals surface area contributed by atoms with Crippen molar-refractivity contribution in [1.82, 2.24) is 0 Å². The third kappa shape index (κ3) is 4.27. The van der Waals surface area contributed by atoms with Gasteiger partial charge in [-0.1, -0.05) is 45.0 Å². The van der Waals surface area contributed by atoms with Crippen LogP contribution in [-0.4, -0.2) is 28.5 Å². The van der Waals surface area contributed by atoms with Gasteiger partial charge in [-0.2, -0.15) is 0 Å². The highest BCUT2D eigenvalue weighted by Crippen LogP contribution is 2.60. The molecule has 7 unspecified atom stereocenters. The molecule has 0 aromatic heterocycles. The number of fused-ring (bicyclic) bond motifs is 2. The maximum Gasteiger partial charge on any atom is 0.309 e. The summed E-state index contributed by atoms with van der Waals surface area (Å²) in [6.45, 7) is 6.19. The Balaban J connectivity index is 1.17. The lowest BCUT2D eigenvalue weighted by molar-refractivity contribution is -0.168. The van der Waals surface area contributed by atoms with E-state index in [9.17, 15) is 19.5 Å². The Morgan fingerprint density at radius 2 is 1.56 bits per heavy atom. The Labute approximate surface area is 230 Å². The summed E-state index contributed by atoms with van der Waals surface area (Å²) in [7, 11) is 0. The van der Waals surface area contributed by atoms with E-state index in [1.165, 1.54) is 4.90 Å². The second-order valence-corrected chi connectivity index (χ2v) is 12.5. The monoisotopic (exact) mass is 529 g/mol. The van der Waals surface area contributed by atoms with Crippen molar-refractivity contribution in [2.24, 2.45) is 41.4 Å². The largest absolute Gasteiger partial charge is 0.508 e. The van der Waals surface area contributed by atoms with Crippen molar-refractivity contribution < 1.29 is 24.2 Å². The molecule has 2 bridgehead atoms. The zero-order valence-corrected chi connectivity index (χ0v) is 23.1. The van der Waals surface area contributed by atoms with Gasteiger partial charge in [0.1, 0.15) is 11.4 Å². The molecule has 4 fully saturated rings. The van der Waals surface area contributed by atoms with Crippen LogP contribution in [0.15, 0.2) is 48.5 Å². The molecule has 206 valence electrons. The molecule has 39 heavy (non-hydrogen) atoms. The summed E-state index contributed by atoms with van der Waals surface area (Å²) in [4.78, 5) is 42.0. The lowest BCUT2D eigenvalue weighted by Crippen LogP contribution is -2.41. The van der Waals surface area contributed by atoms with Crippen molar-refractivity contribution in [2.75, 3.05) is 4.90 Å². The van der Waals surface area contributed by atoms with Crippen LogP contribution >= 0.6 is 0 Å². The van der Waals surface area contributed by atoms with E-state index in [-0.39, 0.29) is 70.6 Å². The maximum atomic E-state index is 13.8. The van der Waals surface area contributed by atoms with Gasteiger partial charge in [0.2, 0.25) is 11.8 Å². The summed E-state index contributed by atoms with van der Waals surface area (Å²) >= 11 is 0. The number of carbonyl (C=O) groups excluding carboxylic acids is 3. The first-order valence-electron chi connectivity index (χ1n) is 14.7. The number of hydrogen-bond acceptors (Lipinski definition) is 5. The van der Waals surface area contributed by atoms with E-state index >= 15 is 0 Å². The number of phenolic OH excluding ortho intramolecular Hbond substituents is 1. The van der Waals surface area contributed by atoms with Crippen LogP contribution < -0.4 is 4.90 Å². The normalized spacial score (nSPS) is 33.2. The number of anilines is 1. The Bertz CT molecular complexity index is 1260. The third-order valence-corrected chi connectivity index (χ3v) is 10.6. The van der Waals surface area contributed by atoms with E-state index in [2.05, 4.69) is 13.8 Å². The van der Waals surface area contributed by atoms with Crippen LogP contribution in [0.4, 0.5) is 5.69 Å². The molecule has 4 aliphatic rings. The SMILES string of the molecule is CCC1(OC(=O)C2CC3CC2C(C)C3C2C(=O)N(c3ccc(-c4ccc(O)cc4)cc3)C(=O)C2C)CCCC1. The van der Waals surface area contributed by atoms with Crippen molar-refractivity contribution in [3.05, 3.63) is 48.5 Å². The number of phenols is 1. The quantitative estimate of drug-likeness (QED) is 0.348. The molecule has 6 rings (SSSR count). The average Bonchev–Trinajstić information content (AvgIpc) is 3.70. The Morgan fingerprint density at radius 1 is 0.949 bits per heavy atom. The van der Waals surface area contributed by atoms with Crippen LogP contribution in [0.3, 0.4) is 0 Å². The fourth-order valence-corrected chi connectivity index (χ4v) is 8.49. The number of rotatable bonds is 6. The van der Waals surface area contributed by atoms with Crippen molar-refractivity contribution >= 4 is 23.5 Å². The van der Waals surface area contributed by atoms with Crippen LogP contribution in [-0.2, 0) is 19.1 Å². The van der Waals surface area contributed by atoms with Crippen LogP contribution in [0.25, 0.3) is 11.1 Å². The molecule has 6 heteroatoms. The molecule has 2 aromatic rings. The van der Waals surface area contributed by atoms with Gasteiger partial charge in [-0.25, -0.2) is 0 Å². The van der Waals surface area contributed by atoms with Gasteiger partial charge < -0.3 is 9.84 Å². The maximum absolute atomic E-state index is 13.8. The van der Waals surface area contributed by atoms with E-state index in [0.717, 1.165) is 56.1 Å². The van der Waals surface area contributed by atoms with Crippen molar-refractivity contribution in [1.29, 1.82) is 0 Å². The summed E-state index contributed by atoms with van der Waals surface area (Å²) < 4.78 is 6.19. The van der Waals surface area contributed by atoms with Gasteiger partial charge in [-0.15, -0.1) is 0 Å². The zero-order chi connectivity index (χ0) is 27.5. The second kappa shape index (κ2) is 9.79. The number of hydrogen-bond donors (Lipinski definition) is 1. The Hall–Kier alpha value is -3.15. The van der Waals surface area contributed by atoms with Gasteiger partial charge in [-0.05, 0) is 104 Å². The predicted octanol–water partition coefficient (Wildman–Crippen LogP) is 6.36. The number of imide groups is 1. The van der Waals surface area contributed by atoms with Crippen LogP contribution in [0, 0.1) is 41.4 Å². The molecular weight excluding hydrogens is 490 g/mol. The lowest BCUT2D eigenvalue weighted by atomic mass is 9.67. The fourth-order valence-electron chi connectivity index (χ4n) is 8.49. The molecule has 1 saturated heterocycles. The number of carbonyl (C=O) groups is 3. The Kier molecular flexibility index (Phi) is 6.55. The van der Waals surface area contributed by atoms with E-state index in [1.807, 2.05) is 43.3 Å². The summed E-state index contributed by atoms with van der Waals surface area (Å²) in [5.41, 5.74) is 2.22. The number of nitrogens with zero attached hydrogens (tertiary/aromatic N) is 1. The summed E-state index contributed by atoms with van der Waals surface area (Å²) in [5.74, 6) is -0.0984. The molecule has 2 aromatic carbocycles. The highest BCUT2D eigenvalue weighted by Gasteiger charge is 2.61. The fraction of sp³-hybridized carbons (Fsp3) is 0.545. The van der Waals surface area contributed by atoms with Gasteiger partial charge >= 0.3 is 5.97 Å². The summed E-state index contributed by atoms with van der Waals surface area (Å²) in [5, 5.41) is 9.56. The van der Waals surface area contributed by atoms with Crippen LogP contribution in [0.5, 0.6) is 5.75 Å². The first kappa shape index (κ1) is 26.1. The average molecular weight is 530 g/mol. The highest BCUT2D eigenvalue weighted by atomic mass is 16.6. The van der Waals surface area contributed by atoms with Gasteiger partial charge in [0.05, 0.1) is 17.5 Å². The molecular formula is C33H39NO5. The van der Waals surface area contributed by atoms with E-state index in [4.69, 9.17) is 4.74 Å². The van der Waals surface area contributed by atoms with E-state index in [1.54, 1.807) is 12.1 Å². The molecule has 3 saturated carbocycles. The van der Waals surface area contributed by atoms with Gasteiger partial charge in [0, 0.05) is 5.92 Å². The number of benzene rings is 2. The predicted molar refractivity (Wildman–Crippen MR) is 149 cm³/mol. The number of esters is 1. The smallest absolute Gasteiger partial charge is 0.309 e. The van der Waals surface area contributed by atoms with Gasteiger partial charge in [-0.3, -0.25) is 19.3 Å². The first-order valence-corrected chi connectivity index (χ1v) is 14.7. The molecule has 1 aliphatic heterocycles. The van der Waals surface area contributed by atoms with Gasteiger partial charge in [0.15, 0.2) is 0 Å². The van der Waals surface area contributed by atoms with E-state index < -0.39 is 0 Å².